The summed E-state index contributed by atoms with van der Waals surface area (Å²) >= 11 is 6.09. The number of benzene rings is 2. The SMILES string of the molecule is CC(C)(C)OC=O.Clc1ccc(-c2ccc(N3CCOCC3)cc2CN2CCNCC2)cc1. The number of nitrogens with one attached hydrogen (secondary N) is 1. The van der Waals surface area contributed by atoms with Gasteiger partial charge < -0.3 is 19.7 Å². The van der Waals surface area contributed by atoms with Crippen molar-refractivity contribution in [2.45, 2.75) is 32.9 Å². The van der Waals surface area contributed by atoms with E-state index < -0.39 is 0 Å². The Balaban J connectivity index is 0.000000383. The third kappa shape index (κ3) is 8.31. The van der Waals surface area contributed by atoms with Gasteiger partial charge in [0.1, 0.15) is 5.60 Å². The topological polar surface area (TPSA) is 54.0 Å². The maximum Gasteiger partial charge on any atom is 0.293 e. The molecule has 33 heavy (non-hydrogen) atoms. The Morgan fingerprint density at radius 1 is 1.03 bits per heavy atom. The van der Waals surface area contributed by atoms with E-state index >= 15 is 0 Å². The van der Waals surface area contributed by atoms with E-state index in [-0.39, 0.29) is 5.60 Å². The van der Waals surface area contributed by atoms with E-state index in [4.69, 9.17) is 16.3 Å². The normalized spacial score (nSPS) is 17.2. The molecule has 6 nitrogen and oxygen atoms in total. The van der Waals surface area contributed by atoms with Gasteiger partial charge in [0.25, 0.3) is 6.47 Å². The van der Waals surface area contributed by atoms with Gasteiger partial charge in [0, 0.05) is 56.5 Å². The van der Waals surface area contributed by atoms with Crippen LogP contribution >= 0.6 is 11.6 Å². The van der Waals surface area contributed by atoms with E-state index in [9.17, 15) is 4.79 Å². The summed E-state index contributed by atoms with van der Waals surface area (Å²) in [6.07, 6.45) is 0. The fourth-order valence-electron chi connectivity index (χ4n) is 3.89. The molecule has 0 aliphatic carbocycles. The predicted molar refractivity (Wildman–Crippen MR) is 135 cm³/mol. The van der Waals surface area contributed by atoms with Gasteiger partial charge in [0.2, 0.25) is 0 Å². The summed E-state index contributed by atoms with van der Waals surface area (Å²) in [6.45, 7) is 14.8. The van der Waals surface area contributed by atoms with Gasteiger partial charge in [-0.2, -0.15) is 0 Å². The summed E-state index contributed by atoms with van der Waals surface area (Å²) in [5.41, 5.74) is 4.90. The molecule has 0 amide bonds. The number of anilines is 1. The van der Waals surface area contributed by atoms with E-state index in [1.54, 1.807) is 0 Å². The first-order valence-electron chi connectivity index (χ1n) is 11.6. The summed E-state index contributed by atoms with van der Waals surface area (Å²) in [6, 6.07) is 15.1. The molecular formula is C26H36ClN3O3. The van der Waals surface area contributed by atoms with Crippen molar-refractivity contribution in [2.75, 3.05) is 57.4 Å². The molecule has 0 spiro atoms. The number of carbonyl (C=O) groups excluding carboxylic acids is 1. The van der Waals surface area contributed by atoms with Gasteiger partial charge in [-0.25, -0.2) is 0 Å². The maximum atomic E-state index is 9.60. The molecule has 1 N–H and O–H groups in total. The Kier molecular flexibility index (Phi) is 9.56. The molecule has 7 heteroatoms. The highest BCUT2D eigenvalue weighted by Gasteiger charge is 2.17. The molecule has 0 atom stereocenters. The smallest absolute Gasteiger partial charge is 0.293 e. The second-order valence-electron chi connectivity index (χ2n) is 9.30. The predicted octanol–water partition coefficient (Wildman–Crippen LogP) is 4.21. The number of nitrogens with zero attached hydrogens (tertiary/aromatic N) is 2. The van der Waals surface area contributed by atoms with Gasteiger partial charge in [-0.15, -0.1) is 0 Å². The maximum absolute atomic E-state index is 9.60. The lowest BCUT2D eigenvalue weighted by Crippen LogP contribution is -2.43. The summed E-state index contributed by atoms with van der Waals surface area (Å²) in [5.74, 6) is 0. The molecule has 2 fully saturated rings. The van der Waals surface area contributed by atoms with E-state index in [0.29, 0.717) is 6.47 Å². The van der Waals surface area contributed by atoms with E-state index in [2.05, 4.69) is 50.2 Å². The zero-order chi connectivity index (χ0) is 23.7. The molecule has 0 unspecified atom stereocenters. The number of carbonyl (C=O) groups is 1. The molecular weight excluding hydrogens is 438 g/mol. The minimum atomic E-state index is -0.318. The highest BCUT2D eigenvalue weighted by atomic mass is 35.5. The van der Waals surface area contributed by atoms with Crippen molar-refractivity contribution < 1.29 is 14.3 Å². The molecule has 2 heterocycles. The number of ether oxygens (including phenoxy) is 2. The number of hydrogen-bond donors (Lipinski definition) is 1. The van der Waals surface area contributed by atoms with E-state index in [0.717, 1.165) is 64.0 Å². The highest BCUT2D eigenvalue weighted by molar-refractivity contribution is 6.30. The van der Waals surface area contributed by atoms with Crippen LogP contribution in [0.3, 0.4) is 0 Å². The molecule has 0 aromatic heterocycles. The third-order valence-electron chi connectivity index (χ3n) is 5.63. The summed E-state index contributed by atoms with van der Waals surface area (Å²) in [5, 5.41) is 4.22. The second kappa shape index (κ2) is 12.4. The fourth-order valence-corrected chi connectivity index (χ4v) is 4.02. The standard InChI is InChI=1S/C21H26ClN3O.C5H10O2/c22-19-3-1-17(2-4-19)21-6-5-20(25-11-13-26-14-12-25)15-18(21)16-24-9-7-23-8-10-24;1-5(2,3)7-4-6/h1-6,15,23H,7-14,16H2;4H,1-3H3. The Hall–Kier alpha value is -2.12. The molecule has 2 aromatic carbocycles. The molecule has 2 saturated heterocycles. The zero-order valence-electron chi connectivity index (χ0n) is 20.0. The van der Waals surface area contributed by atoms with Gasteiger partial charge in [-0.3, -0.25) is 9.69 Å². The minimum absolute atomic E-state index is 0.318. The number of morpholine rings is 1. The Labute approximate surface area is 202 Å². The van der Waals surface area contributed by atoms with Crippen molar-refractivity contribution in [3.05, 3.63) is 53.1 Å². The average Bonchev–Trinajstić information content (AvgIpc) is 2.81. The molecule has 0 saturated carbocycles. The van der Waals surface area contributed by atoms with Crippen LogP contribution in [0.4, 0.5) is 5.69 Å². The minimum Gasteiger partial charge on any atom is -0.462 e. The van der Waals surface area contributed by atoms with Crippen molar-refractivity contribution in [1.82, 2.24) is 10.2 Å². The van der Waals surface area contributed by atoms with Crippen LogP contribution in [0, 0.1) is 0 Å². The summed E-state index contributed by atoms with van der Waals surface area (Å²) < 4.78 is 10.1. The van der Waals surface area contributed by atoms with Crippen LogP contribution in [-0.4, -0.2) is 69.5 Å². The highest BCUT2D eigenvalue weighted by Crippen LogP contribution is 2.30. The van der Waals surface area contributed by atoms with Crippen LogP contribution in [0.5, 0.6) is 0 Å². The average molecular weight is 474 g/mol. The second-order valence-corrected chi connectivity index (χ2v) is 9.74. The van der Waals surface area contributed by atoms with Crippen molar-refractivity contribution in [2.24, 2.45) is 0 Å². The quantitative estimate of drug-likeness (QED) is 0.656. The van der Waals surface area contributed by atoms with Gasteiger partial charge in [-0.05, 0) is 61.7 Å². The number of hydrogen-bond acceptors (Lipinski definition) is 6. The van der Waals surface area contributed by atoms with Crippen molar-refractivity contribution >= 4 is 23.8 Å². The van der Waals surface area contributed by atoms with Gasteiger partial charge in [0.15, 0.2) is 0 Å². The monoisotopic (exact) mass is 473 g/mol. The van der Waals surface area contributed by atoms with Crippen LogP contribution in [-0.2, 0) is 20.8 Å². The first-order chi connectivity index (χ1) is 15.9. The van der Waals surface area contributed by atoms with Crippen LogP contribution in [0.2, 0.25) is 5.02 Å². The van der Waals surface area contributed by atoms with E-state index in [1.807, 2.05) is 32.9 Å². The van der Waals surface area contributed by atoms with Gasteiger partial charge in [0.05, 0.1) is 13.2 Å². The van der Waals surface area contributed by atoms with Crippen LogP contribution in [0.25, 0.3) is 11.1 Å². The third-order valence-corrected chi connectivity index (χ3v) is 5.88. The molecule has 2 aliphatic rings. The largest absolute Gasteiger partial charge is 0.462 e. The lowest BCUT2D eigenvalue weighted by atomic mass is 9.98. The van der Waals surface area contributed by atoms with Gasteiger partial charge in [-0.1, -0.05) is 29.8 Å². The fraction of sp³-hybridized carbons (Fsp3) is 0.500. The van der Waals surface area contributed by atoms with Crippen molar-refractivity contribution in [3.63, 3.8) is 0 Å². The molecule has 0 radical (unpaired) electrons. The van der Waals surface area contributed by atoms with Crippen LogP contribution < -0.4 is 10.2 Å². The molecule has 4 rings (SSSR count). The first kappa shape index (κ1) is 25.5. The molecule has 180 valence electrons. The van der Waals surface area contributed by atoms with Crippen LogP contribution in [0.15, 0.2) is 42.5 Å². The first-order valence-corrected chi connectivity index (χ1v) is 12.0. The molecule has 2 aliphatic heterocycles. The number of piperazine rings is 1. The Bertz CT molecular complexity index is 871. The number of rotatable bonds is 5. The Morgan fingerprint density at radius 3 is 2.27 bits per heavy atom. The van der Waals surface area contributed by atoms with Gasteiger partial charge >= 0.3 is 0 Å². The number of halogens is 1. The zero-order valence-corrected chi connectivity index (χ0v) is 20.7. The van der Waals surface area contributed by atoms with Crippen molar-refractivity contribution in [1.29, 1.82) is 0 Å². The summed E-state index contributed by atoms with van der Waals surface area (Å²) in [4.78, 5) is 14.6. The Morgan fingerprint density at radius 2 is 1.70 bits per heavy atom. The lowest BCUT2D eigenvalue weighted by molar-refractivity contribution is -0.138. The van der Waals surface area contributed by atoms with Crippen LogP contribution in [0.1, 0.15) is 26.3 Å². The lowest BCUT2D eigenvalue weighted by Gasteiger charge is -2.31. The van der Waals surface area contributed by atoms with E-state index in [1.165, 1.54) is 22.4 Å². The molecule has 0 bridgehead atoms. The summed E-state index contributed by atoms with van der Waals surface area (Å²) in [7, 11) is 0. The van der Waals surface area contributed by atoms with Crippen molar-refractivity contribution in [3.8, 4) is 11.1 Å². The molecule has 2 aromatic rings.